The minimum Gasteiger partial charge on any atom is -0.323 e. The van der Waals surface area contributed by atoms with E-state index in [4.69, 9.17) is 28.0 Å². The molecule has 122 valence electrons. The zero-order valence-corrected chi connectivity index (χ0v) is 14.1. The van der Waals surface area contributed by atoms with E-state index in [-0.39, 0.29) is 12.3 Å². The summed E-state index contributed by atoms with van der Waals surface area (Å²) in [6, 6.07) is 5.16. The highest BCUT2D eigenvalue weighted by Crippen LogP contribution is 2.25. The van der Waals surface area contributed by atoms with Crippen molar-refractivity contribution in [3.8, 4) is 0 Å². The van der Waals surface area contributed by atoms with E-state index in [1.807, 2.05) is 0 Å². The van der Waals surface area contributed by atoms with Gasteiger partial charge in [-0.15, -0.1) is 0 Å². The fourth-order valence-corrected chi connectivity index (χ4v) is 2.18. The van der Waals surface area contributed by atoms with E-state index in [1.165, 1.54) is 7.11 Å². The third-order valence-electron chi connectivity index (χ3n) is 2.92. The molecule has 0 saturated carbocycles. The van der Waals surface area contributed by atoms with Crippen molar-refractivity contribution in [3.05, 3.63) is 52.3 Å². The van der Waals surface area contributed by atoms with Gasteiger partial charge in [-0.1, -0.05) is 29.3 Å². The maximum atomic E-state index is 12.0. The Bertz CT molecular complexity index is 728. The molecule has 1 aromatic carbocycles. The van der Waals surface area contributed by atoms with Crippen LogP contribution in [0.15, 0.2) is 36.7 Å². The first-order valence-corrected chi connectivity index (χ1v) is 7.48. The first-order chi connectivity index (χ1) is 11.0. The molecule has 0 spiro atoms. The van der Waals surface area contributed by atoms with Gasteiger partial charge in [-0.05, 0) is 18.2 Å². The van der Waals surface area contributed by atoms with Crippen molar-refractivity contribution in [2.75, 3.05) is 12.4 Å². The predicted molar refractivity (Wildman–Crippen MR) is 91.0 cm³/mol. The molecular weight excluding hydrogens is 339 g/mol. The van der Waals surface area contributed by atoms with E-state index >= 15 is 0 Å². The number of nitrogens with one attached hydrogen (secondary N) is 2. The standard InChI is InChI=1S/C15H16Cl2N4O2/c1-21-9-11(8-18-21)19-15(22)6-5-14(20-23-2)10-3-4-12(16)13(17)7-10/h3-5,7-9,20H,6H2,1-2H3,(H,19,22). The molecule has 2 N–H and O–H groups in total. The lowest BCUT2D eigenvalue weighted by Crippen LogP contribution is -2.13. The highest BCUT2D eigenvalue weighted by Gasteiger charge is 2.07. The molecule has 0 saturated heterocycles. The van der Waals surface area contributed by atoms with Gasteiger partial charge in [0, 0.05) is 25.2 Å². The molecule has 0 unspecified atom stereocenters. The number of anilines is 1. The maximum Gasteiger partial charge on any atom is 0.228 e. The van der Waals surface area contributed by atoms with Crippen LogP contribution >= 0.6 is 23.2 Å². The lowest BCUT2D eigenvalue weighted by atomic mass is 10.1. The van der Waals surface area contributed by atoms with Gasteiger partial charge in [0.05, 0.1) is 34.7 Å². The Balaban J connectivity index is 2.08. The van der Waals surface area contributed by atoms with Crippen molar-refractivity contribution in [3.63, 3.8) is 0 Å². The summed E-state index contributed by atoms with van der Waals surface area (Å²) in [5.74, 6) is -0.173. The van der Waals surface area contributed by atoms with Crippen LogP contribution in [-0.2, 0) is 16.7 Å². The Morgan fingerprint density at radius 1 is 1.39 bits per heavy atom. The minimum atomic E-state index is -0.173. The molecule has 0 aliphatic carbocycles. The zero-order valence-electron chi connectivity index (χ0n) is 12.6. The lowest BCUT2D eigenvalue weighted by Gasteiger charge is -2.10. The summed E-state index contributed by atoms with van der Waals surface area (Å²) >= 11 is 11.9. The van der Waals surface area contributed by atoms with Gasteiger partial charge >= 0.3 is 0 Å². The van der Waals surface area contributed by atoms with Crippen LogP contribution in [0.25, 0.3) is 5.70 Å². The highest BCUT2D eigenvalue weighted by atomic mass is 35.5. The fourth-order valence-electron chi connectivity index (χ4n) is 1.88. The van der Waals surface area contributed by atoms with E-state index in [0.717, 1.165) is 5.56 Å². The number of benzene rings is 1. The average molecular weight is 355 g/mol. The number of carbonyl (C=O) groups is 1. The summed E-state index contributed by atoms with van der Waals surface area (Å²) < 4.78 is 1.61. The van der Waals surface area contributed by atoms with Crippen LogP contribution in [0, 0.1) is 0 Å². The normalized spacial score (nSPS) is 11.4. The minimum absolute atomic E-state index is 0.154. The Hall–Kier alpha value is -2.02. The molecule has 0 aliphatic heterocycles. The Labute approximate surface area is 144 Å². The SMILES string of the molecule is CONC(=CCC(=O)Nc1cnn(C)c1)c1ccc(Cl)c(Cl)c1. The molecule has 0 atom stereocenters. The second-order valence-corrected chi connectivity index (χ2v) is 5.52. The van der Waals surface area contributed by atoms with E-state index in [2.05, 4.69) is 15.9 Å². The van der Waals surface area contributed by atoms with Crippen LogP contribution in [0.3, 0.4) is 0 Å². The number of carbonyl (C=O) groups excluding carboxylic acids is 1. The summed E-state index contributed by atoms with van der Waals surface area (Å²) in [6.45, 7) is 0. The third-order valence-corrected chi connectivity index (χ3v) is 3.66. The summed E-state index contributed by atoms with van der Waals surface area (Å²) in [7, 11) is 3.27. The summed E-state index contributed by atoms with van der Waals surface area (Å²) in [5.41, 5.74) is 4.75. The summed E-state index contributed by atoms with van der Waals surface area (Å²) in [5, 5.41) is 7.62. The molecule has 8 heteroatoms. The Morgan fingerprint density at radius 3 is 2.78 bits per heavy atom. The number of nitrogens with zero attached hydrogens (tertiary/aromatic N) is 2. The van der Waals surface area contributed by atoms with Crippen molar-refractivity contribution in [1.82, 2.24) is 15.3 Å². The molecule has 6 nitrogen and oxygen atoms in total. The number of hydrogen-bond acceptors (Lipinski definition) is 4. The van der Waals surface area contributed by atoms with Gasteiger partial charge in [0.2, 0.25) is 5.91 Å². The van der Waals surface area contributed by atoms with Crippen LogP contribution in [0.5, 0.6) is 0 Å². The van der Waals surface area contributed by atoms with Gasteiger partial charge in [0.1, 0.15) is 0 Å². The number of hydrogen-bond donors (Lipinski definition) is 2. The molecule has 23 heavy (non-hydrogen) atoms. The number of rotatable bonds is 6. The number of hydroxylamine groups is 1. The molecule has 2 aromatic rings. The molecule has 0 radical (unpaired) electrons. The van der Waals surface area contributed by atoms with Crippen molar-refractivity contribution < 1.29 is 9.63 Å². The van der Waals surface area contributed by atoms with E-state index in [0.29, 0.717) is 21.4 Å². The Morgan fingerprint density at radius 2 is 2.17 bits per heavy atom. The van der Waals surface area contributed by atoms with E-state index < -0.39 is 0 Å². The molecule has 1 aromatic heterocycles. The van der Waals surface area contributed by atoms with Crippen LogP contribution in [-0.4, -0.2) is 22.8 Å². The van der Waals surface area contributed by atoms with Gasteiger partial charge in [0.25, 0.3) is 0 Å². The largest absolute Gasteiger partial charge is 0.323 e. The van der Waals surface area contributed by atoms with E-state index in [1.54, 1.807) is 48.4 Å². The zero-order chi connectivity index (χ0) is 16.8. The molecular formula is C15H16Cl2N4O2. The molecule has 0 bridgehead atoms. The summed E-state index contributed by atoms with van der Waals surface area (Å²) in [6.07, 6.45) is 5.15. The van der Waals surface area contributed by atoms with Gasteiger partial charge in [-0.25, -0.2) is 0 Å². The number of halogens is 2. The van der Waals surface area contributed by atoms with Crippen molar-refractivity contribution >= 4 is 40.5 Å². The van der Waals surface area contributed by atoms with Crippen molar-refractivity contribution in [1.29, 1.82) is 0 Å². The van der Waals surface area contributed by atoms with Crippen molar-refractivity contribution in [2.24, 2.45) is 7.05 Å². The second kappa shape index (κ2) is 8.01. The van der Waals surface area contributed by atoms with Gasteiger partial charge < -0.3 is 5.32 Å². The molecule has 2 rings (SSSR count). The molecule has 1 amide bonds. The smallest absolute Gasteiger partial charge is 0.228 e. The molecule has 1 heterocycles. The summed E-state index contributed by atoms with van der Waals surface area (Å²) in [4.78, 5) is 16.9. The monoisotopic (exact) mass is 354 g/mol. The molecule has 0 fully saturated rings. The quantitative estimate of drug-likeness (QED) is 0.781. The van der Waals surface area contributed by atoms with Crippen LogP contribution in [0.2, 0.25) is 10.0 Å². The fraction of sp³-hybridized carbons (Fsp3) is 0.200. The molecule has 0 aliphatic rings. The number of amides is 1. The first-order valence-electron chi connectivity index (χ1n) is 6.72. The highest BCUT2D eigenvalue weighted by molar-refractivity contribution is 6.42. The van der Waals surface area contributed by atoms with Crippen LogP contribution < -0.4 is 10.8 Å². The number of aromatic nitrogens is 2. The lowest BCUT2D eigenvalue weighted by molar-refractivity contribution is -0.115. The van der Waals surface area contributed by atoms with Crippen LogP contribution in [0.1, 0.15) is 12.0 Å². The predicted octanol–water partition coefficient (Wildman–Crippen LogP) is 3.25. The van der Waals surface area contributed by atoms with Gasteiger partial charge in [0.15, 0.2) is 0 Å². The Kier molecular flexibility index (Phi) is 6.04. The van der Waals surface area contributed by atoms with Crippen LogP contribution in [0.4, 0.5) is 5.69 Å². The third kappa shape index (κ3) is 4.99. The van der Waals surface area contributed by atoms with Gasteiger partial charge in [-0.3, -0.25) is 19.8 Å². The van der Waals surface area contributed by atoms with Gasteiger partial charge in [-0.2, -0.15) is 5.10 Å². The maximum absolute atomic E-state index is 12.0. The van der Waals surface area contributed by atoms with Crippen molar-refractivity contribution in [2.45, 2.75) is 6.42 Å². The second-order valence-electron chi connectivity index (χ2n) is 4.71. The average Bonchev–Trinajstić information content (AvgIpc) is 2.91. The number of aryl methyl sites for hydroxylation is 1. The first kappa shape index (κ1) is 17.3. The van der Waals surface area contributed by atoms with E-state index in [9.17, 15) is 4.79 Å². The topological polar surface area (TPSA) is 68.2 Å².